The average Bonchev–Trinajstić information content (AvgIpc) is 3.20. The minimum atomic E-state index is -0.602. The van der Waals surface area contributed by atoms with Gasteiger partial charge in [0.1, 0.15) is 0 Å². The number of rotatable bonds is 8. The molecule has 1 N–H and O–H groups in total. The summed E-state index contributed by atoms with van der Waals surface area (Å²) in [5.74, 6) is -1.24. The van der Waals surface area contributed by atoms with Gasteiger partial charge in [0.15, 0.2) is 17.5 Å². The van der Waals surface area contributed by atoms with Crippen LogP contribution in [0.5, 0.6) is 0 Å². The molecule has 0 atom stereocenters. The highest BCUT2D eigenvalue weighted by atomic mass is 79.9. The summed E-state index contributed by atoms with van der Waals surface area (Å²) in [6.07, 6.45) is -0.166. The van der Waals surface area contributed by atoms with Crippen LogP contribution in [0.2, 0.25) is 0 Å². The van der Waals surface area contributed by atoms with Gasteiger partial charge in [0, 0.05) is 27.4 Å². The Hall–Kier alpha value is -2.84. The SMILES string of the molecule is Cc1ccc(-c2csc(NC(=O)CCC(=O)OCC(=O)c3ccc(Br)cc3)n2)cc1. The van der Waals surface area contributed by atoms with Crippen LogP contribution in [0.4, 0.5) is 5.13 Å². The predicted molar refractivity (Wildman–Crippen MR) is 120 cm³/mol. The van der Waals surface area contributed by atoms with E-state index in [1.807, 2.05) is 36.6 Å². The van der Waals surface area contributed by atoms with Crippen molar-refractivity contribution in [3.8, 4) is 11.3 Å². The van der Waals surface area contributed by atoms with Gasteiger partial charge >= 0.3 is 5.97 Å². The maximum Gasteiger partial charge on any atom is 0.306 e. The van der Waals surface area contributed by atoms with E-state index < -0.39 is 5.97 Å². The lowest BCUT2D eigenvalue weighted by Crippen LogP contribution is -2.17. The molecular formula is C22H19BrN2O4S. The number of halogens is 1. The Morgan fingerprint density at radius 2 is 1.73 bits per heavy atom. The van der Waals surface area contributed by atoms with Gasteiger partial charge < -0.3 is 10.1 Å². The predicted octanol–water partition coefficient (Wildman–Crippen LogP) is 5.03. The molecule has 30 heavy (non-hydrogen) atoms. The van der Waals surface area contributed by atoms with Crippen LogP contribution in [0.1, 0.15) is 28.8 Å². The van der Waals surface area contributed by atoms with Gasteiger partial charge in [-0.25, -0.2) is 4.98 Å². The third kappa shape index (κ3) is 6.33. The molecule has 3 rings (SSSR count). The van der Waals surface area contributed by atoms with E-state index in [1.165, 1.54) is 11.3 Å². The fraction of sp³-hybridized carbons (Fsp3) is 0.182. The minimum absolute atomic E-state index is 0.0508. The van der Waals surface area contributed by atoms with Gasteiger partial charge in [-0.2, -0.15) is 0 Å². The molecule has 1 heterocycles. The number of hydrogen-bond acceptors (Lipinski definition) is 6. The first-order valence-corrected chi connectivity index (χ1v) is 10.8. The van der Waals surface area contributed by atoms with E-state index in [4.69, 9.17) is 4.74 Å². The zero-order valence-corrected chi connectivity index (χ0v) is 18.6. The Labute approximate surface area is 186 Å². The fourth-order valence-electron chi connectivity index (χ4n) is 2.52. The zero-order chi connectivity index (χ0) is 21.5. The number of esters is 1. The summed E-state index contributed by atoms with van der Waals surface area (Å²) >= 11 is 4.61. The number of thiazole rings is 1. The highest BCUT2D eigenvalue weighted by Gasteiger charge is 2.13. The van der Waals surface area contributed by atoms with Gasteiger partial charge in [0.05, 0.1) is 12.1 Å². The monoisotopic (exact) mass is 486 g/mol. The van der Waals surface area contributed by atoms with Crippen LogP contribution >= 0.6 is 27.3 Å². The molecule has 3 aromatic rings. The number of aryl methyl sites for hydroxylation is 1. The second kappa shape index (κ2) is 10.3. The Balaban J connectivity index is 1.42. The molecule has 0 bridgehead atoms. The average molecular weight is 487 g/mol. The number of aromatic nitrogens is 1. The second-order valence-electron chi connectivity index (χ2n) is 6.54. The number of nitrogens with one attached hydrogen (secondary N) is 1. The standard InChI is InChI=1S/C22H19BrN2O4S/c1-14-2-4-15(5-3-14)18-13-30-22(24-18)25-20(27)10-11-21(28)29-12-19(26)16-6-8-17(23)9-7-16/h2-9,13H,10-12H2,1H3,(H,24,25,27). The van der Waals surface area contributed by atoms with Gasteiger partial charge in [-0.05, 0) is 19.1 Å². The van der Waals surface area contributed by atoms with E-state index in [0.29, 0.717) is 10.7 Å². The number of ketones is 1. The van der Waals surface area contributed by atoms with Crippen molar-refractivity contribution < 1.29 is 19.1 Å². The van der Waals surface area contributed by atoms with Gasteiger partial charge in [-0.15, -0.1) is 11.3 Å². The second-order valence-corrected chi connectivity index (χ2v) is 8.32. The summed E-state index contributed by atoms with van der Waals surface area (Å²) in [7, 11) is 0. The fourth-order valence-corrected chi connectivity index (χ4v) is 3.52. The largest absolute Gasteiger partial charge is 0.457 e. The zero-order valence-electron chi connectivity index (χ0n) is 16.2. The Bertz CT molecular complexity index is 1050. The summed E-state index contributed by atoms with van der Waals surface area (Å²) in [4.78, 5) is 40.3. The first-order chi connectivity index (χ1) is 14.4. The van der Waals surface area contributed by atoms with Crippen LogP contribution in [0, 0.1) is 6.92 Å². The summed E-state index contributed by atoms with van der Waals surface area (Å²) in [5.41, 5.74) is 3.36. The van der Waals surface area contributed by atoms with Crippen molar-refractivity contribution in [2.24, 2.45) is 0 Å². The Kier molecular flexibility index (Phi) is 7.48. The number of ether oxygens (including phenoxy) is 1. The Morgan fingerprint density at radius 3 is 2.43 bits per heavy atom. The third-order valence-electron chi connectivity index (χ3n) is 4.18. The smallest absolute Gasteiger partial charge is 0.306 e. The van der Waals surface area contributed by atoms with E-state index in [0.717, 1.165) is 21.3 Å². The molecule has 0 unspecified atom stereocenters. The van der Waals surface area contributed by atoms with Crippen molar-refractivity contribution in [3.63, 3.8) is 0 Å². The summed E-state index contributed by atoms with van der Waals surface area (Å²) in [6, 6.07) is 14.7. The number of nitrogens with zero attached hydrogens (tertiary/aromatic N) is 1. The van der Waals surface area contributed by atoms with Gasteiger partial charge in [-0.1, -0.05) is 57.9 Å². The molecule has 0 saturated carbocycles. The van der Waals surface area contributed by atoms with Crippen molar-refractivity contribution in [1.82, 2.24) is 4.98 Å². The Morgan fingerprint density at radius 1 is 1.03 bits per heavy atom. The number of benzene rings is 2. The van der Waals surface area contributed by atoms with Crippen LogP contribution in [0.15, 0.2) is 58.4 Å². The summed E-state index contributed by atoms with van der Waals surface area (Å²) in [5, 5.41) is 5.01. The molecule has 0 aliphatic heterocycles. The number of carbonyl (C=O) groups is 3. The van der Waals surface area contributed by atoms with Crippen molar-refractivity contribution in [3.05, 3.63) is 69.5 Å². The molecule has 2 aromatic carbocycles. The quantitative estimate of drug-likeness (QED) is 0.356. The lowest BCUT2D eigenvalue weighted by molar-refractivity contribution is -0.143. The molecule has 0 spiro atoms. The van der Waals surface area contributed by atoms with Gasteiger partial charge in [0.25, 0.3) is 0 Å². The van der Waals surface area contributed by atoms with Crippen LogP contribution in [-0.2, 0) is 14.3 Å². The van der Waals surface area contributed by atoms with Crippen molar-refractivity contribution in [1.29, 1.82) is 0 Å². The first-order valence-electron chi connectivity index (χ1n) is 9.17. The third-order valence-corrected chi connectivity index (χ3v) is 5.47. The molecule has 0 aliphatic carbocycles. The normalized spacial score (nSPS) is 10.5. The lowest BCUT2D eigenvalue weighted by Gasteiger charge is -2.05. The number of Topliss-reactive ketones (excluding diaryl/α,β-unsaturated/α-hetero) is 1. The molecule has 1 aromatic heterocycles. The van der Waals surface area contributed by atoms with Crippen LogP contribution in [-0.4, -0.2) is 29.3 Å². The highest BCUT2D eigenvalue weighted by Crippen LogP contribution is 2.25. The number of anilines is 1. The molecule has 8 heteroatoms. The maximum absolute atomic E-state index is 12.1. The van der Waals surface area contributed by atoms with Crippen LogP contribution in [0.25, 0.3) is 11.3 Å². The van der Waals surface area contributed by atoms with Crippen molar-refractivity contribution in [2.45, 2.75) is 19.8 Å². The molecule has 0 radical (unpaired) electrons. The molecular weight excluding hydrogens is 468 g/mol. The van der Waals surface area contributed by atoms with E-state index in [1.54, 1.807) is 24.3 Å². The summed E-state index contributed by atoms with van der Waals surface area (Å²) in [6.45, 7) is 1.66. The van der Waals surface area contributed by atoms with E-state index in [9.17, 15) is 14.4 Å². The molecule has 0 aliphatic rings. The van der Waals surface area contributed by atoms with Crippen molar-refractivity contribution in [2.75, 3.05) is 11.9 Å². The number of hydrogen-bond donors (Lipinski definition) is 1. The van der Waals surface area contributed by atoms with Gasteiger partial charge in [-0.3, -0.25) is 14.4 Å². The summed E-state index contributed by atoms with van der Waals surface area (Å²) < 4.78 is 5.82. The molecule has 6 nitrogen and oxygen atoms in total. The highest BCUT2D eigenvalue weighted by molar-refractivity contribution is 9.10. The molecule has 1 amide bonds. The minimum Gasteiger partial charge on any atom is -0.457 e. The number of amides is 1. The number of carbonyl (C=O) groups excluding carboxylic acids is 3. The molecule has 0 fully saturated rings. The van der Waals surface area contributed by atoms with E-state index in [-0.39, 0.29) is 31.1 Å². The van der Waals surface area contributed by atoms with Gasteiger partial charge in [0.2, 0.25) is 5.91 Å². The van der Waals surface area contributed by atoms with E-state index >= 15 is 0 Å². The van der Waals surface area contributed by atoms with E-state index in [2.05, 4.69) is 26.2 Å². The molecule has 154 valence electrons. The topological polar surface area (TPSA) is 85.4 Å². The maximum atomic E-state index is 12.1. The lowest BCUT2D eigenvalue weighted by atomic mass is 10.1. The van der Waals surface area contributed by atoms with Crippen LogP contribution in [0.3, 0.4) is 0 Å². The molecule has 0 saturated heterocycles. The van der Waals surface area contributed by atoms with Crippen LogP contribution < -0.4 is 5.32 Å². The van der Waals surface area contributed by atoms with Crippen molar-refractivity contribution >= 4 is 50.1 Å². The first kappa shape index (κ1) is 21.9.